The zero-order valence-corrected chi connectivity index (χ0v) is 15.3. The smallest absolute Gasteiger partial charge is 0.255 e. The van der Waals surface area contributed by atoms with Gasteiger partial charge in [-0.1, -0.05) is 51.5 Å². The fourth-order valence-electron chi connectivity index (χ4n) is 2.74. The summed E-state index contributed by atoms with van der Waals surface area (Å²) in [7, 11) is 0. The molecule has 6 heteroatoms. The third-order valence-electron chi connectivity index (χ3n) is 4.05. The van der Waals surface area contributed by atoms with Crippen LogP contribution in [0.5, 0.6) is 0 Å². The second kappa shape index (κ2) is 7.09. The molecule has 0 spiro atoms. The number of fused-ring (bicyclic) bond motifs is 1. The Balaban J connectivity index is 1.49. The first-order valence-electron chi connectivity index (χ1n) is 8.13. The first-order chi connectivity index (χ1) is 12.7. The monoisotopic (exact) mass is 406 g/mol. The first-order valence-corrected chi connectivity index (χ1v) is 8.92. The number of para-hydroxylation sites is 1. The number of halogens is 1. The van der Waals surface area contributed by atoms with Gasteiger partial charge >= 0.3 is 0 Å². The molecule has 3 aromatic carbocycles. The molecule has 0 saturated heterocycles. The Labute approximate surface area is 158 Å². The van der Waals surface area contributed by atoms with E-state index in [9.17, 15) is 4.79 Å². The van der Waals surface area contributed by atoms with Gasteiger partial charge in [-0.05, 0) is 48.0 Å². The molecule has 1 heterocycles. The van der Waals surface area contributed by atoms with Crippen LogP contribution in [0.1, 0.15) is 15.9 Å². The lowest BCUT2D eigenvalue weighted by Crippen LogP contribution is -2.12. The van der Waals surface area contributed by atoms with Gasteiger partial charge < -0.3 is 5.32 Å². The summed E-state index contributed by atoms with van der Waals surface area (Å²) in [5, 5.41) is 11.2. The van der Waals surface area contributed by atoms with E-state index in [1.165, 1.54) is 0 Å². The predicted octanol–water partition coefficient (Wildman–Crippen LogP) is 4.49. The molecular weight excluding hydrogens is 392 g/mol. The number of aromatic nitrogens is 3. The number of nitrogens with one attached hydrogen (secondary N) is 1. The van der Waals surface area contributed by atoms with Crippen LogP contribution < -0.4 is 5.32 Å². The second-order valence-corrected chi connectivity index (χ2v) is 6.81. The molecule has 0 unspecified atom stereocenters. The highest BCUT2D eigenvalue weighted by Gasteiger charge is 2.08. The normalized spacial score (nSPS) is 10.8. The number of nitrogens with zero attached hydrogens (tertiary/aromatic N) is 3. The minimum absolute atomic E-state index is 0.138. The van der Waals surface area contributed by atoms with Gasteiger partial charge in [0.05, 0.1) is 12.1 Å². The molecule has 1 N–H and O–H groups in total. The van der Waals surface area contributed by atoms with Crippen molar-refractivity contribution in [2.45, 2.75) is 6.54 Å². The van der Waals surface area contributed by atoms with Crippen molar-refractivity contribution in [2.75, 3.05) is 5.32 Å². The summed E-state index contributed by atoms with van der Waals surface area (Å²) in [6.07, 6.45) is 0. The highest BCUT2D eigenvalue weighted by Crippen LogP contribution is 2.17. The Bertz CT molecular complexity index is 1070. The van der Waals surface area contributed by atoms with Crippen LogP contribution in [0.3, 0.4) is 0 Å². The Hall–Kier alpha value is -2.99. The molecule has 1 aromatic heterocycles. The number of anilines is 1. The third-order valence-corrected chi connectivity index (χ3v) is 4.54. The summed E-state index contributed by atoms with van der Waals surface area (Å²) in [5.74, 6) is -0.138. The Morgan fingerprint density at radius 3 is 2.62 bits per heavy atom. The topological polar surface area (TPSA) is 59.8 Å². The lowest BCUT2D eigenvalue weighted by Gasteiger charge is -2.07. The van der Waals surface area contributed by atoms with Crippen molar-refractivity contribution in [1.82, 2.24) is 15.0 Å². The predicted molar refractivity (Wildman–Crippen MR) is 105 cm³/mol. The highest BCUT2D eigenvalue weighted by atomic mass is 79.9. The minimum Gasteiger partial charge on any atom is -0.322 e. The standard InChI is InChI=1S/C20H15BrN4O/c21-16-4-3-5-17(12-16)22-20(26)15-10-8-14(9-11-15)13-25-19-7-2-1-6-18(19)23-24-25/h1-12H,13H2,(H,22,26). The van der Waals surface area contributed by atoms with Gasteiger partial charge in [-0.3, -0.25) is 4.79 Å². The zero-order valence-electron chi connectivity index (χ0n) is 13.8. The van der Waals surface area contributed by atoms with Crippen LogP contribution in [0.4, 0.5) is 5.69 Å². The number of amides is 1. The Kier molecular flexibility index (Phi) is 4.50. The molecule has 0 fully saturated rings. The summed E-state index contributed by atoms with van der Waals surface area (Å²) < 4.78 is 2.78. The number of hydrogen-bond acceptors (Lipinski definition) is 3. The average molecular weight is 407 g/mol. The average Bonchev–Trinajstić information content (AvgIpc) is 3.05. The summed E-state index contributed by atoms with van der Waals surface area (Å²) >= 11 is 3.40. The fourth-order valence-corrected chi connectivity index (χ4v) is 3.14. The van der Waals surface area contributed by atoms with E-state index in [0.717, 1.165) is 26.8 Å². The number of rotatable bonds is 4. The van der Waals surface area contributed by atoms with Gasteiger partial charge in [-0.15, -0.1) is 5.10 Å². The second-order valence-electron chi connectivity index (χ2n) is 5.90. The molecule has 0 aliphatic carbocycles. The quantitative estimate of drug-likeness (QED) is 0.542. The zero-order chi connectivity index (χ0) is 17.9. The number of benzene rings is 3. The molecular formula is C20H15BrN4O. The van der Waals surface area contributed by atoms with Gasteiger partial charge in [-0.25, -0.2) is 4.68 Å². The van der Waals surface area contributed by atoms with Crippen molar-refractivity contribution in [3.05, 3.63) is 88.4 Å². The molecule has 4 aromatic rings. The van der Waals surface area contributed by atoms with E-state index in [0.29, 0.717) is 12.1 Å². The molecule has 5 nitrogen and oxygen atoms in total. The molecule has 26 heavy (non-hydrogen) atoms. The van der Waals surface area contributed by atoms with E-state index in [1.54, 1.807) is 0 Å². The molecule has 0 aliphatic rings. The molecule has 0 aliphatic heterocycles. The first kappa shape index (κ1) is 16.5. The van der Waals surface area contributed by atoms with Gasteiger partial charge in [0.2, 0.25) is 0 Å². The van der Waals surface area contributed by atoms with E-state index in [1.807, 2.05) is 77.5 Å². The van der Waals surface area contributed by atoms with Crippen molar-refractivity contribution in [2.24, 2.45) is 0 Å². The van der Waals surface area contributed by atoms with E-state index >= 15 is 0 Å². The van der Waals surface area contributed by atoms with Gasteiger partial charge in [-0.2, -0.15) is 0 Å². The Morgan fingerprint density at radius 2 is 1.81 bits per heavy atom. The van der Waals surface area contributed by atoms with Crippen LogP contribution in [0.2, 0.25) is 0 Å². The highest BCUT2D eigenvalue weighted by molar-refractivity contribution is 9.10. The lowest BCUT2D eigenvalue weighted by molar-refractivity contribution is 0.102. The van der Waals surface area contributed by atoms with Crippen LogP contribution in [-0.2, 0) is 6.54 Å². The Morgan fingerprint density at radius 1 is 1.00 bits per heavy atom. The van der Waals surface area contributed by atoms with Gasteiger partial charge in [0.15, 0.2) is 0 Å². The molecule has 128 valence electrons. The minimum atomic E-state index is -0.138. The summed E-state index contributed by atoms with van der Waals surface area (Å²) in [5.41, 5.74) is 4.28. The number of hydrogen-bond donors (Lipinski definition) is 1. The van der Waals surface area contributed by atoms with Gasteiger partial charge in [0.1, 0.15) is 5.52 Å². The fraction of sp³-hybridized carbons (Fsp3) is 0.0500. The van der Waals surface area contributed by atoms with Crippen LogP contribution in [0.15, 0.2) is 77.3 Å². The van der Waals surface area contributed by atoms with E-state index in [2.05, 4.69) is 31.6 Å². The van der Waals surface area contributed by atoms with Crippen LogP contribution in [0, 0.1) is 0 Å². The molecule has 0 bridgehead atoms. The summed E-state index contributed by atoms with van der Waals surface area (Å²) in [6, 6.07) is 22.9. The number of carbonyl (C=O) groups is 1. The molecule has 0 radical (unpaired) electrons. The summed E-state index contributed by atoms with van der Waals surface area (Å²) in [4.78, 5) is 12.4. The molecule has 0 atom stereocenters. The van der Waals surface area contributed by atoms with E-state index in [4.69, 9.17) is 0 Å². The van der Waals surface area contributed by atoms with Gasteiger partial charge in [0, 0.05) is 15.7 Å². The summed E-state index contributed by atoms with van der Waals surface area (Å²) in [6.45, 7) is 0.605. The number of carbonyl (C=O) groups excluding carboxylic acids is 1. The van der Waals surface area contributed by atoms with Crippen molar-refractivity contribution in [3.63, 3.8) is 0 Å². The largest absolute Gasteiger partial charge is 0.322 e. The van der Waals surface area contributed by atoms with Crippen LogP contribution >= 0.6 is 15.9 Å². The van der Waals surface area contributed by atoms with E-state index < -0.39 is 0 Å². The van der Waals surface area contributed by atoms with E-state index in [-0.39, 0.29) is 5.91 Å². The lowest BCUT2D eigenvalue weighted by atomic mass is 10.1. The van der Waals surface area contributed by atoms with Crippen LogP contribution in [0.25, 0.3) is 11.0 Å². The maximum atomic E-state index is 12.4. The maximum Gasteiger partial charge on any atom is 0.255 e. The van der Waals surface area contributed by atoms with Crippen molar-refractivity contribution in [3.8, 4) is 0 Å². The maximum absolute atomic E-state index is 12.4. The molecule has 4 rings (SSSR count). The molecule has 1 amide bonds. The van der Waals surface area contributed by atoms with Gasteiger partial charge in [0.25, 0.3) is 5.91 Å². The third kappa shape index (κ3) is 3.50. The van der Waals surface area contributed by atoms with Crippen molar-refractivity contribution >= 4 is 38.6 Å². The SMILES string of the molecule is O=C(Nc1cccc(Br)c1)c1ccc(Cn2nnc3ccccc32)cc1. The molecule has 0 saturated carbocycles. The van der Waals surface area contributed by atoms with Crippen molar-refractivity contribution < 1.29 is 4.79 Å². The van der Waals surface area contributed by atoms with Crippen LogP contribution in [-0.4, -0.2) is 20.9 Å². The van der Waals surface area contributed by atoms with Crippen molar-refractivity contribution in [1.29, 1.82) is 0 Å².